The first-order chi connectivity index (χ1) is 12.9. The summed E-state index contributed by atoms with van der Waals surface area (Å²) in [5.74, 6) is 0.856. The van der Waals surface area contributed by atoms with Crippen molar-refractivity contribution in [3.8, 4) is 28.3 Å². The molecule has 0 atom stereocenters. The molecule has 0 aliphatic carbocycles. The number of ether oxygens (including phenoxy) is 1. The Morgan fingerprint density at radius 1 is 1.04 bits per heavy atom. The number of hydrogen-bond donors (Lipinski definition) is 1. The molecule has 0 aliphatic rings. The Morgan fingerprint density at radius 2 is 1.78 bits per heavy atom. The average Bonchev–Trinajstić information content (AvgIpc) is 2.62. The summed E-state index contributed by atoms with van der Waals surface area (Å²) in [4.78, 5) is 20.6. The molecule has 1 aromatic carbocycles. The van der Waals surface area contributed by atoms with Gasteiger partial charge in [0.1, 0.15) is 5.75 Å². The van der Waals surface area contributed by atoms with E-state index in [0.717, 1.165) is 5.56 Å². The quantitative estimate of drug-likeness (QED) is 0.745. The number of nitrogens with two attached hydrogens (primary N) is 1. The highest BCUT2D eigenvalue weighted by Gasteiger charge is 2.17. The number of anilines is 1. The van der Waals surface area contributed by atoms with Crippen molar-refractivity contribution in [2.75, 3.05) is 5.73 Å². The van der Waals surface area contributed by atoms with E-state index < -0.39 is 0 Å². The highest BCUT2D eigenvalue weighted by atomic mass is 16.5. The first-order valence-electron chi connectivity index (χ1n) is 8.85. The second kappa shape index (κ2) is 7.57. The van der Waals surface area contributed by atoms with Crippen molar-refractivity contribution in [2.24, 2.45) is 0 Å². The largest absolute Gasteiger partial charge is 0.490 e. The van der Waals surface area contributed by atoms with Crippen LogP contribution in [-0.4, -0.2) is 25.9 Å². The van der Waals surface area contributed by atoms with Gasteiger partial charge in [0.15, 0.2) is 0 Å². The van der Waals surface area contributed by atoms with Crippen LogP contribution in [0.5, 0.6) is 5.75 Å². The van der Waals surface area contributed by atoms with Gasteiger partial charge in [-0.05, 0) is 45.9 Å². The van der Waals surface area contributed by atoms with Crippen LogP contribution < -0.4 is 16.0 Å². The zero-order valence-corrected chi connectivity index (χ0v) is 15.9. The zero-order valence-electron chi connectivity index (χ0n) is 15.9. The molecule has 27 heavy (non-hydrogen) atoms. The van der Waals surface area contributed by atoms with Gasteiger partial charge in [-0.1, -0.05) is 12.1 Å². The van der Waals surface area contributed by atoms with Crippen LogP contribution in [0.2, 0.25) is 0 Å². The molecular weight excluding hydrogens is 342 g/mol. The number of nitrogen functional groups attached to an aromatic ring is 1. The Balaban J connectivity index is 2.22. The zero-order chi connectivity index (χ0) is 19.6. The van der Waals surface area contributed by atoms with Gasteiger partial charge < -0.3 is 10.5 Å². The van der Waals surface area contributed by atoms with Gasteiger partial charge in [0.25, 0.3) is 5.56 Å². The lowest BCUT2D eigenvalue weighted by Gasteiger charge is -2.16. The molecular formula is C20H23N5O2. The first-order valence-corrected chi connectivity index (χ1v) is 8.85. The molecule has 140 valence electrons. The maximum atomic E-state index is 12.1. The van der Waals surface area contributed by atoms with Crippen molar-refractivity contribution >= 4 is 5.95 Å². The summed E-state index contributed by atoms with van der Waals surface area (Å²) in [6, 6.07) is 10.7. The maximum absolute atomic E-state index is 12.1. The molecule has 0 saturated carbocycles. The van der Waals surface area contributed by atoms with Crippen LogP contribution in [0.3, 0.4) is 0 Å². The highest BCUT2D eigenvalue weighted by Crippen LogP contribution is 2.35. The third kappa shape index (κ3) is 3.97. The lowest BCUT2D eigenvalue weighted by Crippen LogP contribution is -2.24. The molecule has 0 fully saturated rings. The minimum absolute atomic E-state index is 0.00903. The third-order valence-electron chi connectivity index (χ3n) is 3.90. The average molecular weight is 365 g/mol. The van der Waals surface area contributed by atoms with E-state index in [-0.39, 0.29) is 23.7 Å². The van der Waals surface area contributed by atoms with Gasteiger partial charge >= 0.3 is 0 Å². The second-order valence-electron chi connectivity index (χ2n) is 6.75. The predicted octanol–water partition coefficient (Wildman–Crippen LogP) is 3.32. The van der Waals surface area contributed by atoms with E-state index in [4.69, 9.17) is 10.5 Å². The molecule has 2 heterocycles. The lowest BCUT2D eigenvalue weighted by atomic mass is 10.0. The summed E-state index contributed by atoms with van der Waals surface area (Å²) in [6.45, 7) is 7.74. The lowest BCUT2D eigenvalue weighted by molar-refractivity contribution is 0.243. The Kier molecular flexibility index (Phi) is 5.21. The van der Waals surface area contributed by atoms with Gasteiger partial charge in [-0.3, -0.25) is 4.79 Å². The summed E-state index contributed by atoms with van der Waals surface area (Å²) in [5.41, 5.74) is 8.38. The van der Waals surface area contributed by atoms with E-state index in [1.54, 1.807) is 12.3 Å². The van der Waals surface area contributed by atoms with Gasteiger partial charge in [0, 0.05) is 23.4 Å². The van der Waals surface area contributed by atoms with E-state index in [2.05, 4.69) is 15.1 Å². The summed E-state index contributed by atoms with van der Waals surface area (Å²) in [6.07, 6.45) is 1.64. The molecule has 0 saturated heterocycles. The SMILES string of the molecule is CC(C)Oc1ccccc1-c1nc(N)ncc1-c1ccc(=O)n(C(C)C)n1. The van der Waals surface area contributed by atoms with Crippen molar-refractivity contribution in [1.82, 2.24) is 19.7 Å². The Bertz CT molecular complexity index is 1010. The maximum Gasteiger partial charge on any atom is 0.267 e. The van der Waals surface area contributed by atoms with E-state index in [1.807, 2.05) is 52.0 Å². The summed E-state index contributed by atoms with van der Waals surface area (Å²) in [5, 5.41) is 4.49. The summed E-state index contributed by atoms with van der Waals surface area (Å²) < 4.78 is 7.37. The molecule has 3 rings (SSSR count). The summed E-state index contributed by atoms with van der Waals surface area (Å²) in [7, 11) is 0. The Hall–Kier alpha value is -3.22. The van der Waals surface area contributed by atoms with Crippen LogP contribution in [0.1, 0.15) is 33.7 Å². The van der Waals surface area contributed by atoms with Crippen molar-refractivity contribution in [3.05, 3.63) is 52.9 Å². The molecule has 0 bridgehead atoms. The number of nitrogens with zero attached hydrogens (tertiary/aromatic N) is 4. The number of hydrogen-bond acceptors (Lipinski definition) is 6. The topological polar surface area (TPSA) is 95.9 Å². The van der Waals surface area contributed by atoms with E-state index in [1.165, 1.54) is 10.7 Å². The predicted molar refractivity (Wildman–Crippen MR) is 106 cm³/mol. The van der Waals surface area contributed by atoms with Gasteiger partial charge in [-0.25, -0.2) is 14.6 Å². The first kappa shape index (κ1) is 18.6. The highest BCUT2D eigenvalue weighted by molar-refractivity contribution is 5.82. The van der Waals surface area contributed by atoms with Gasteiger partial charge in [0.2, 0.25) is 5.95 Å². The normalized spacial score (nSPS) is 11.2. The van der Waals surface area contributed by atoms with Crippen LogP contribution in [0.25, 0.3) is 22.5 Å². The molecule has 3 aromatic rings. The fourth-order valence-corrected chi connectivity index (χ4v) is 2.75. The third-order valence-corrected chi connectivity index (χ3v) is 3.90. The monoisotopic (exact) mass is 365 g/mol. The Labute approximate surface area is 157 Å². The van der Waals surface area contributed by atoms with E-state index in [9.17, 15) is 4.79 Å². The number of aromatic nitrogens is 4. The van der Waals surface area contributed by atoms with Gasteiger partial charge in [-0.15, -0.1) is 0 Å². The van der Waals surface area contributed by atoms with Crippen LogP contribution in [0, 0.1) is 0 Å². The molecule has 2 aromatic heterocycles. The molecule has 0 amide bonds. The van der Waals surface area contributed by atoms with Crippen molar-refractivity contribution in [3.63, 3.8) is 0 Å². The fourth-order valence-electron chi connectivity index (χ4n) is 2.75. The summed E-state index contributed by atoms with van der Waals surface area (Å²) >= 11 is 0. The molecule has 0 aliphatic heterocycles. The number of benzene rings is 1. The van der Waals surface area contributed by atoms with Gasteiger partial charge in [-0.2, -0.15) is 5.10 Å². The van der Waals surface area contributed by atoms with Crippen LogP contribution >= 0.6 is 0 Å². The van der Waals surface area contributed by atoms with E-state index >= 15 is 0 Å². The second-order valence-corrected chi connectivity index (χ2v) is 6.75. The minimum Gasteiger partial charge on any atom is -0.490 e. The molecule has 0 radical (unpaired) electrons. The van der Waals surface area contributed by atoms with Gasteiger partial charge in [0.05, 0.1) is 23.5 Å². The fraction of sp³-hybridized carbons (Fsp3) is 0.300. The van der Waals surface area contributed by atoms with Crippen LogP contribution in [-0.2, 0) is 0 Å². The minimum atomic E-state index is -0.157. The molecule has 0 spiro atoms. The van der Waals surface area contributed by atoms with Crippen LogP contribution in [0.15, 0.2) is 47.4 Å². The molecule has 0 unspecified atom stereocenters. The van der Waals surface area contributed by atoms with E-state index in [0.29, 0.717) is 22.7 Å². The molecule has 7 heteroatoms. The standard InChI is InChI=1S/C20H23N5O2/c1-12(2)25-18(26)10-9-16(24-25)15-11-22-20(21)23-19(15)14-7-5-6-8-17(14)27-13(3)4/h5-13H,1-4H3,(H2,21,22,23). The molecule has 7 nitrogen and oxygen atoms in total. The van der Waals surface area contributed by atoms with Crippen molar-refractivity contribution in [1.29, 1.82) is 0 Å². The van der Waals surface area contributed by atoms with Crippen LogP contribution in [0.4, 0.5) is 5.95 Å². The molecule has 2 N–H and O–H groups in total. The smallest absolute Gasteiger partial charge is 0.267 e. The van der Waals surface area contributed by atoms with Crippen molar-refractivity contribution in [2.45, 2.75) is 39.8 Å². The number of rotatable bonds is 5. The Morgan fingerprint density at radius 3 is 2.48 bits per heavy atom. The number of para-hydroxylation sites is 1. The van der Waals surface area contributed by atoms with Crippen molar-refractivity contribution < 1.29 is 4.74 Å².